The third kappa shape index (κ3) is 4.99. The maximum Gasteiger partial charge on any atom is 1.00 e. The molecule has 50 valence electrons. The van der Waals surface area contributed by atoms with E-state index in [9.17, 15) is 5.21 Å². The first-order chi connectivity index (χ1) is 3.55. The molecule has 9 heavy (non-hydrogen) atoms. The summed E-state index contributed by atoms with van der Waals surface area (Å²) in [6.07, 6.45) is 0. The van der Waals surface area contributed by atoms with Crippen molar-refractivity contribution in [2.45, 2.75) is 39.8 Å². The van der Waals surface area contributed by atoms with Gasteiger partial charge in [0, 0.05) is 0 Å². The van der Waals surface area contributed by atoms with Crippen LogP contribution in [0.4, 0.5) is 0 Å². The van der Waals surface area contributed by atoms with Crippen LogP contribution < -0.4 is 23.9 Å². The minimum atomic E-state index is 0. The Morgan fingerprint density at radius 2 is 1.22 bits per heavy atom. The van der Waals surface area contributed by atoms with Crippen LogP contribution in [0.15, 0.2) is 0 Å². The SMILES string of the molecule is CC(C)[NH+]([O-])C(C)C.[Li+]. The smallest absolute Gasteiger partial charge is 0.634 e. The predicted molar refractivity (Wildman–Crippen MR) is 34.6 cm³/mol. The van der Waals surface area contributed by atoms with E-state index in [0.717, 1.165) is 0 Å². The number of nitrogens with one attached hydrogen (secondary N) is 1. The molecule has 0 saturated carbocycles. The molecule has 0 aliphatic rings. The van der Waals surface area contributed by atoms with E-state index in [2.05, 4.69) is 0 Å². The summed E-state index contributed by atoms with van der Waals surface area (Å²) < 4.78 is 0. The molecule has 0 spiro atoms. The van der Waals surface area contributed by atoms with Crippen molar-refractivity contribution in [1.29, 1.82) is 0 Å². The van der Waals surface area contributed by atoms with E-state index in [4.69, 9.17) is 0 Å². The Bertz CT molecular complexity index is 58.1. The molecule has 0 aromatic carbocycles. The van der Waals surface area contributed by atoms with E-state index in [-0.39, 0.29) is 30.9 Å². The fourth-order valence-electron chi connectivity index (χ4n) is 0.667. The van der Waals surface area contributed by atoms with E-state index in [1.165, 1.54) is 0 Å². The molecule has 0 heterocycles. The summed E-state index contributed by atoms with van der Waals surface area (Å²) in [5.41, 5.74) is 0. The molecular weight excluding hydrogens is 109 g/mol. The average Bonchev–Trinajstić information content (AvgIpc) is 1.64. The van der Waals surface area contributed by atoms with E-state index < -0.39 is 0 Å². The van der Waals surface area contributed by atoms with Crippen LogP contribution in [0.3, 0.4) is 0 Å². The fraction of sp³-hybridized carbons (Fsp3) is 1.00. The summed E-state index contributed by atoms with van der Waals surface area (Å²) in [5.74, 6) is 0. The zero-order valence-electron chi connectivity index (χ0n) is 7.06. The minimum Gasteiger partial charge on any atom is -0.634 e. The molecule has 3 heteroatoms. The number of rotatable bonds is 2. The van der Waals surface area contributed by atoms with E-state index in [1.807, 2.05) is 27.7 Å². The largest absolute Gasteiger partial charge is 1.00 e. The molecular formula is C6H15LiNO+. The summed E-state index contributed by atoms with van der Waals surface area (Å²) in [6, 6.07) is 0.407. The molecule has 0 radical (unpaired) electrons. The van der Waals surface area contributed by atoms with Gasteiger partial charge in [-0.15, -0.1) is 0 Å². The molecule has 0 bridgehead atoms. The Hall–Kier alpha value is 0.517. The van der Waals surface area contributed by atoms with Crippen LogP contribution in [-0.4, -0.2) is 12.1 Å². The quantitative estimate of drug-likeness (QED) is 0.312. The number of hydroxylamine groups is 2. The molecule has 0 aromatic heterocycles. The van der Waals surface area contributed by atoms with Gasteiger partial charge in [-0.3, -0.25) is 0 Å². The van der Waals surface area contributed by atoms with Gasteiger partial charge in [-0.05, 0) is 27.7 Å². The topological polar surface area (TPSA) is 27.5 Å². The molecule has 0 saturated heterocycles. The summed E-state index contributed by atoms with van der Waals surface area (Å²) >= 11 is 0. The van der Waals surface area contributed by atoms with E-state index in [1.54, 1.807) is 0 Å². The third-order valence-electron chi connectivity index (χ3n) is 1.14. The Morgan fingerprint density at radius 3 is 1.22 bits per heavy atom. The Morgan fingerprint density at radius 1 is 1.00 bits per heavy atom. The van der Waals surface area contributed by atoms with Gasteiger partial charge in [-0.25, -0.2) is 0 Å². The van der Waals surface area contributed by atoms with Crippen molar-refractivity contribution < 1.29 is 23.9 Å². The average molecular weight is 124 g/mol. The van der Waals surface area contributed by atoms with Gasteiger partial charge < -0.3 is 10.3 Å². The van der Waals surface area contributed by atoms with Crippen LogP contribution in [0.1, 0.15) is 27.7 Å². The van der Waals surface area contributed by atoms with Crippen molar-refractivity contribution in [3.63, 3.8) is 0 Å². The molecule has 0 fully saturated rings. The van der Waals surface area contributed by atoms with Gasteiger partial charge in [-0.2, -0.15) is 0 Å². The van der Waals surface area contributed by atoms with Crippen LogP contribution in [0.25, 0.3) is 0 Å². The maximum atomic E-state index is 10.8. The standard InChI is InChI=1S/C6H15NO.Li/c1-5(2)7(8)6(3)4;/h5-7H,1-4H3;/q;+1. The van der Waals surface area contributed by atoms with Crippen LogP contribution in [0.5, 0.6) is 0 Å². The Labute approximate surface area is 69.4 Å². The molecule has 0 unspecified atom stereocenters. The Kier molecular flexibility index (Phi) is 7.21. The van der Waals surface area contributed by atoms with Gasteiger partial charge in [-0.1, -0.05) is 0 Å². The van der Waals surface area contributed by atoms with E-state index in [0.29, 0.717) is 5.06 Å². The number of hydrogen-bond donors (Lipinski definition) is 1. The van der Waals surface area contributed by atoms with Gasteiger partial charge in [0.2, 0.25) is 0 Å². The minimum absolute atomic E-state index is 0. The van der Waals surface area contributed by atoms with Gasteiger partial charge in [0.15, 0.2) is 0 Å². The second-order valence-corrected chi connectivity index (χ2v) is 2.71. The second kappa shape index (κ2) is 5.31. The molecule has 0 aromatic rings. The van der Waals surface area contributed by atoms with Gasteiger partial charge >= 0.3 is 18.9 Å². The molecule has 0 atom stereocenters. The molecule has 2 nitrogen and oxygen atoms in total. The van der Waals surface area contributed by atoms with Gasteiger partial charge in [0.25, 0.3) is 0 Å². The van der Waals surface area contributed by atoms with Crippen LogP contribution in [0.2, 0.25) is 0 Å². The first-order valence-corrected chi connectivity index (χ1v) is 3.09. The molecule has 0 amide bonds. The van der Waals surface area contributed by atoms with Crippen LogP contribution in [-0.2, 0) is 0 Å². The summed E-state index contributed by atoms with van der Waals surface area (Å²) in [7, 11) is 0. The van der Waals surface area contributed by atoms with Gasteiger partial charge in [0.05, 0.1) is 12.1 Å². The molecule has 0 rings (SSSR count). The van der Waals surface area contributed by atoms with Crippen molar-refractivity contribution in [1.82, 2.24) is 0 Å². The van der Waals surface area contributed by atoms with E-state index >= 15 is 0 Å². The van der Waals surface area contributed by atoms with Crippen molar-refractivity contribution in [2.24, 2.45) is 0 Å². The zero-order chi connectivity index (χ0) is 6.73. The van der Waals surface area contributed by atoms with Crippen molar-refractivity contribution in [3.8, 4) is 0 Å². The molecule has 0 aliphatic heterocycles. The van der Waals surface area contributed by atoms with Crippen molar-refractivity contribution in [3.05, 3.63) is 5.21 Å². The second-order valence-electron chi connectivity index (χ2n) is 2.71. The van der Waals surface area contributed by atoms with Crippen LogP contribution in [0, 0.1) is 5.21 Å². The summed E-state index contributed by atoms with van der Waals surface area (Å²) in [6.45, 7) is 7.73. The first kappa shape index (κ1) is 12.2. The van der Waals surface area contributed by atoms with Crippen LogP contribution >= 0.6 is 0 Å². The molecule has 0 aliphatic carbocycles. The normalized spacial score (nSPS) is 10.7. The number of quaternary nitrogens is 1. The van der Waals surface area contributed by atoms with Gasteiger partial charge in [0.1, 0.15) is 0 Å². The zero-order valence-corrected chi connectivity index (χ0v) is 7.06. The van der Waals surface area contributed by atoms with Crippen molar-refractivity contribution >= 4 is 0 Å². The summed E-state index contributed by atoms with van der Waals surface area (Å²) in [5, 5.41) is 11.2. The third-order valence-corrected chi connectivity index (χ3v) is 1.14. The summed E-state index contributed by atoms with van der Waals surface area (Å²) in [4.78, 5) is 0. The van der Waals surface area contributed by atoms with Crippen molar-refractivity contribution in [2.75, 3.05) is 0 Å². The maximum absolute atomic E-state index is 10.8. The Balaban J connectivity index is 0. The molecule has 1 N–H and O–H groups in total. The predicted octanol–water partition coefficient (Wildman–Crippen LogP) is -2.81. The first-order valence-electron chi connectivity index (χ1n) is 3.09. The fourth-order valence-corrected chi connectivity index (χ4v) is 0.667. The number of hydrogen-bond acceptors (Lipinski definition) is 1. The monoisotopic (exact) mass is 124 g/mol.